The topological polar surface area (TPSA) is 54.6 Å². The van der Waals surface area contributed by atoms with Crippen LogP contribution in [0.3, 0.4) is 0 Å². The second kappa shape index (κ2) is 5.60. The molecule has 0 aliphatic carbocycles. The highest BCUT2D eigenvalue weighted by atomic mass is 32.2. The van der Waals surface area contributed by atoms with Gasteiger partial charge in [0.2, 0.25) is 6.10 Å². The van der Waals surface area contributed by atoms with Gasteiger partial charge in [0.1, 0.15) is 16.9 Å². The van der Waals surface area contributed by atoms with Gasteiger partial charge in [0.25, 0.3) is 0 Å². The van der Waals surface area contributed by atoms with Crippen LogP contribution in [-0.4, -0.2) is 18.3 Å². The van der Waals surface area contributed by atoms with Crippen LogP contribution in [0.25, 0.3) is 0 Å². The molecule has 88 valence electrons. The van der Waals surface area contributed by atoms with E-state index in [1.54, 1.807) is 18.9 Å². The third kappa shape index (κ3) is 3.14. The molecule has 4 nitrogen and oxygen atoms in total. The Morgan fingerprint density at radius 3 is 3.24 bits per heavy atom. The Balaban J connectivity index is 1.88. The summed E-state index contributed by atoms with van der Waals surface area (Å²) in [7, 11) is 1.65. The first-order valence-electron chi connectivity index (χ1n) is 5.20. The molecule has 1 aliphatic rings. The summed E-state index contributed by atoms with van der Waals surface area (Å²) < 4.78 is 5.15. The lowest BCUT2D eigenvalue weighted by Gasteiger charge is -2.03. The van der Waals surface area contributed by atoms with Crippen LogP contribution in [0.4, 0.5) is 0 Å². The SMILES string of the molecule is COc1cccc(CSC2=NOC(C#N)C2)c1. The van der Waals surface area contributed by atoms with Gasteiger partial charge in [-0.1, -0.05) is 17.3 Å². The summed E-state index contributed by atoms with van der Waals surface area (Å²) in [5, 5.41) is 13.4. The van der Waals surface area contributed by atoms with Gasteiger partial charge in [-0.05, 0) is 17.7 Å². The molecule has 1 aromatic carbocycles. The van der Waals surface area contributed by atoms with Gasteiger partial charge in [0, 0.05) is 5.75 Å². The molecule has 1 aromatic rings. The second-order valence-corrected chi connectivity index (χ2v) is 4.60. The van der Waals surface area contributed by atoms with Gasteiger partial charge < -0.3 is 9.57 Å². The van der Waals surface area contributed by atoms with Crippen molar-refractivity contribution >= 4 is 16.8 Å². The molecular formula is C12H12N2O2S. The van der Waals surface area contributed by atoms with E-state index in [0.717, 1.165) is 22.1 Å². The van der Waals surface area contributed by atoms with Crippen LogP contribution in [0, 0.1) is 11.3 Å². The molecule has 1 heterocycles. The summed E-state index contributed by atoms with van der Waals surface area (Å²) in [6, 6.07) is 9.94. The Bertz CT molecular complexity index is 468. The number of hydrogen-bond donors (Lipinski definition) is 0. The maximum absolute atomic E-state index is 8.66. The molecule has 1 unspecified atom stereocenters. The molecule has 0 saturated carbocycles. The highest BCUT2D eigenvalue weighted by molar-refractivity contribution is 8.13. The minimum absolute atomic E-state index is 0.414. The maximum Gasteiger partial charge on any atom is 0.218 e. The van der Waals surface area contributed by atoms with Gasteiger partial charge in [0.15, 0.2) is 0 Å². The quantitative estimate of drug-likeness (QED) is 0.825. The largest absolute Gasteiger partial charge is 0.497 e. The fourth-order valence-electron chi connectivity index (χ4n) is 1.44. The molecule has 17 heavy (non-hydrogen) atoms. The Hall–Kier alpha value is -1.67. The summed E-state index contributed by atoms with van der Waals surface area (Å²) in [6.45, 7) is 0. The van der Waals surface area contributed by atoms with Crippen molar-refractivity contribution in [3.05, 3.63) is 29.8 Å². The van der Waals surface area contributed by atoms with Crippen LogP contribution < -0.4 is 4.74 Å². The predicted molar refractivity (Wildman–Crippen MR) is 66.8 cm³/mol. The van der Waals surface area contributed by atoms with E-state index in [1.807, 2.05) is 30.3 Å². The average Bonchev–Trinajstić information content (AvgIpc) is 2.84. The molecule has 1 atom stereocenters. The summed E-state index contributed by atoms with van der Waals surface area (Å²) in [6.07, 6.45) is 0.174. The van der Waals surface area contributed by atoms with Gasteiger partial charge in [-0.2, -0.15) is 5.26 Å². The third-order valence-electron chi connectivity index (χ3n) is 2.33. The Morgan fingerprint density at radius 2 is 2.53 bits per heavy atom. The Morgan fingerprint density at radius 1 is 1.65 bits per heavy atom. The lowest BCUT2D eigenvalue weighted by atomic mass is 10.2. The minimum atomic E-state index is -0.414. The Labute approximate surface area is 104 Å². The van der Waals surface area contributed by atoms with Gasteiger partial charge in [-0.25, -0.2) is 0 Å². The molecule has 0 radical (unpaired) electrons. The zero-order valence-electron chi connectivity index (χ0n) is 9.42. The molecule has 5 heteroatoms. The van der Waals surface area contributed by atoms with Crippen molar-refractivity contribution in [1.29, 1.82) is 5.26 Å². The molecule has 0 amide bonds. The van der Waals surface area contributed by atoms with Crippen molar-refractivity contribution in [2.24, 2.45) is 5.16 Å². The van der Waals surface area contributed by atoms with Crippen LogP contribution in [0.2, 0.25) is 0 Å². The summed E-state index contributed by atoms with van der Waals surface area (Å²) in [5.74, 6) is 1.65. The number of rotatable bonds is 3. The van der Waals surface area contributed by atoms with Gasteiger partial charge in [-0.3, -0.25) is 0 Å². The normalized spacial score (nSPS) is 18.1. The van der Waals surface area contributed by atoms with Crippen molar-refractivity contribution < 1.29 is 9.57 Å². The van der Waals surface area contributed by atoms with Crippen molar-refractivity contribution in [2.75, 3.05) is 7.11 Å². The molecule has 0 spiro atoms. The number of methoxy groups -OCH3 is 1. The van der Waals surface area contributed by atoms with E-state index in [1.165, 1.54) is 0 Å². The van der Waals surface area contributed by atoms with E-state index >= 15 is 0 Å². The lowest BCUT2D eigenvalue weighted by molar-refractivity contribution is 0.125. The summed E-state index contributed by atoms with van der Waals surface area (Å²) >= 11 is 1.59. The first-order valence-corrected chi connectivity index (χ1v) is 6.18. The summed E-state index contributed by atoms with van der Waals surface area (Å²) in [4.78, 5) is 4.93. The molecule has 2 rings (SSSR count). The van der Waals surface area contributed by atoms with E-state index in [0.29, 0.717) is 6.42 Å². The number of hydrogen-bond acceptors (Lipinski definition) is 5. The Kier molecular flexibility index (Phi) is 3.89. The lowest BCUT2D eigenvalue weighted by Crippen LogP contribution is -2.02. The van der Waals surface area contributed by atoms with Crippen LogP contribution in [-0.2, 0) is 10.6 Å². The molecule has 0 bridgehead atoms. The smallest absolute Gasteiger partial charge is 0.218 e. The number of thioether (sulfide) groups is 1. The van der Waals surface area contributed by atoms with Gasteiger partial charge >= 0.3 is 0 Å². The van der Waals surface area contributed by atoms with E-state index in [9.17, 15) is 0 Å². The number of nitrogens with zero attached hydrogens (tertiary/aromatic N) is 2. The van der Waals surface area contributed by atoms with Crippen LogP contribution >= 0.6 is 11.8 Å². The van der Waals surface area contributed by atoms with Crippen molar-refractivity contribution in [1.82, 2.24) is 0 Å². The first-order chi connectivity index (χ1) is 8.31. The van der Waals surface area contributed by atoms with E-state index in [4.69, 9.17) is 14.8 Å². The highest BCUT2D eigenvalue weighted by Crippen LogP contribution is 2.23. The minimum Gasteiger partial charge on any atom is -0.497 e. The molecule has 0 aromatic heterocycles. The highest BCUT2D eigenvalue weighted by Gasteiger charge is 2.20. The molecule has 0 fully saturated rings. The van der Waals surface area contributed by atoms with E-state index < -0.39 is 6.10 Å². The van der Waals surface area contributed by atoms with Crippen LogP contribution in [0.5, 0.6) is 5.75 Å². The average molecular weight is 248 g/mol. The molecule has 1 aliphatic heterocycles. The monoisotopic (exact) mass is 248 g/mol. The van der Waals surface area contributed by atoms with Crippen LogP contribution in [0.15, 0.2) is 29.4 Å². The fraction of sp³-hybridized carbons (Fsp3) is 0.333. The van der Waals surface area contributed by atoms with Crippen molar-refractivity contribution in [2.45, 2.75) is 18.3 Å². The maximum atomic E-state index is 8.66. The van der Waals surface area contributed by atoms with Crippen molar-refractivity contribution in [3.8, 4) is 11.8 Å². The van der Waals surface area contributed by atoms with Gasteiger partial charge in [-0.15, -0.1) is 11.8 Å². The number of benzene rings is 1. The zero-order chi connectivity index (χ0) is 12.1. The van der Waals surface area contributed by atoms with Crippen molar-refractivity contribution in [3.63, 3.8) is 0 Å². The number of oxime groups is 1. The van der Waals surface area contributed by atoms with E-state index in [-0.39, 0.29) is 0 Å². The first kappa shape index (κ1) is 11.8. The number of ether oxygens (including phenoxy) is 1. The second-order valence-electron chi connectivity index (χ2n) is 3.55. The predicted octanol–water partition coefficient (Wildman–Crippen LogP) is 2.55. The molecule has 0 N–H and O–H groups in total. The van der Waals surface area contributed by atoms with Gasteiger partial charge in [0.05, 0.1) is 13.5 Å². The molecular weight excluding hydrogens is 236 g/mol. The third-order valence-corrected chi connectivity index (χ3v) is 3.38. The number of nitriles is 1. The summed E-state index contributed by atoms with van der Waals surface area (Å²) in [5.41, 5.74) is 1.16. The fourth-order valence-corrected chi connectivity index (χ4v) is 2.32. The van der Waals surface area contributed by atoms with E-state index in [2.05, 4.69) is 5.16 Å². The standard InChI is InChI=1S/C12H12N2O2S/c1-15-10-4-2-3-9(5-10)8-17-12-6-11(7-13)16-14-12/h2-5,11H,6,8H2,1H3. The zero-order valence-corrected chi connectivity index (χ0v) is 10.2. The molecule has 0 saturated heterocycles. The van der Waals surface area contributed by atoms with Crippen LogP contribution in [0.1, 0.15) is 12.0 Å².